The number of rotatable bonds is 11. The molecule has 0 bridgehead atoms. The van der Waals surface area contributed by atoms with Crippen molar-refractivity contribution in [3.05, 3.63) is 65.1 Å². The highest BCUT2D eigenvalue weighted by Gasteiger charge is 2.28. The van der Waals surface area contributed by atoms with E-state index in [1.165, 1.54) is 23.1 Å². The van der Waals surface area contributed by atoms with E-state index < -0.39 is 0 Å². The van der Waals surface area contributed by atoms with Crippen molar-refractivity contribution in [2.75, 3.05) is 39.1 Å². The number of aliphatic hydroxyl groups excluding tert-OH is 1. The molecule has 0 unspecified atom stereocenters. The zero-order chi connectivity index (χ0) is 24.6. The summed E-state index contributed by atoms with van der Waals surface area (Å²) in [5, 5.41) is 11.7. The summed E-state index contributed by atoms with van der Waals surface area (Å²) in [7, 11) is 1.69. The maximum Gasteiger partial charge on any atom is 0.125 e. The van der Waals surface area contributed by atoms with Gasteiger partial charge in [0.15, 0.2) is 0 Å². The third-order valence-corrected chi connectivity index (χ3v) is 8.27. The molecule has 35 heavy (non-hydrogen) atoms. The zero-order valence-corrected chi connectivity index (χ0v) is 21.8. The molecule has 2 heterocycles. The molecule has 0 radical (unpaired) electrons. The molecule has 0 amide bonds. The number of benzene rings is 2. The van der Waals surface area contributed by atoms with Gasteiger partial charge in [-0.2, -0.15) is 0 Å². The summed E-state index contributed by atoms with van der Waals surface area (Å²) in [6, 6.07) is 12.8. The Balaban J connectivity index is 1.22. The highest BCUT2D eigenvalue weighted by Crippen LogP contribution is 2.30. The minimum absolute atomic E-state index is 0.243. The van der Waals surface area contributed by atoms with Gasteiger partial charge in [0, 0.05) is 34.7 Å². The number of aliphatic hydroxyl groups is 1. The molecule has 7 heteroatoms. The van der Waals surface area contributed by atoms with Gasteiger partial charge in [-0.05, 0) is 111 Å². The Hall–Kier alpha value is -1.86. The van der Waals surface area contributed by atoms with E-state index in [-0.39, 0.29) is 12.4 Å². The molecule has 1 N–H and O–H groups in total. The van der Waals surface area contributed by atoms with Crippen LogP contribution in [0, 0.1) is 17.7 Å². The van der Waals surface area contributed by atoms with Crippen molar-refractivity contribution in [1.82, 2.24) is 9.88 Å². The van der Waals surface area contributed by atoms with Crippen LogP contribution in [0.5, 0.6) is 5.75 Å². The lowest BCUT2D eigenvalue weighted by Crippen LogP contribution is -2.42. The molecular formula is C28H34ClFN2O2S. The summed E-state index contributed by atoms with van der Waals surface area (Å²) in [6.07, 6.45) is 7.28. The molecule has 1 aliphatic heterocycles. The van der Waals surface area contributed by atoms with E-state index in [1.807, 2.05) is 24.4 Å². The van der Waals surface area contributed by atoms with Gasteiger partial charge in [0.2, 0.25) is 0 Å². The second-order valence-corrected chi connectivity index (χ2v) is 10.9. The molecule has 2 atom stereocenters. The molecule has 1 aromatic heterocycles. The topological polar surface area (TPSA) is 45.6 Å². The molecular weight excluding hydrogens is 483 g/mol. The molecule has 1 aliphatic rings. The smallest absolute Gasteiger partial charge is 0.125 e. The molecule has 0 spiro atoms. The van der Waals surface area contributed by atoms with Crippen molar-refractivity contribution in [1.29, 1.82) is 0 Å². The second-order valence-electron chi connectivity index (χ2n) is 9.34. The molecule has 0 saturated carbocycles. The van der Waals surface area contributed by atoms with Gasteiger partial charge in [-0.1, -0.05) is 11.6 Å². The minimum atomic E-state index is -0.287. The summed E-state index contributed by atoms with van der Waals surface area (Å²) < 4.78 is 18.9. The van der Waals surface area contributed by atoms with Crippen LogP contribution in [0.1, 0.15) is 31.2 Å². The molecule has 4 rings (SSSR count). The summed E-state index contributed by atoms with van der Waals surface area (Å²) in [4.78, 5) is 7.83. The average Bonchev–Trinajstić information content (AvgIpc) is 2.86. The van der Waals surface area contributed by atoms with Gasteiger partial charge < -0.3 is 14.7 Å². The predicted octanol–water partition coefficient (Wildman–Crippen LogP) is 6.47. The van der Waals surface area contributed by atoms with Crippen LogP contribution in [0.3, 0.4) is 0 Å². The third-order valence-electron chi connectivity index (χ3n) is 6.99. The number of thioether (sulfide) groups is 1. The average molecular weight is 517 g/mol. The quantitative estimate of drug-likeness (QED) is 0.234. The lowest BCUT2D eigenvalue weighted by molar-refractivity contribution is 0.0677. The maximum absolute atomic E-state index is 13.5. The Bertz CT molecular complexity index is 1100. The maximum atomic E-state index is 13.5. The van der Waals surface area contributed by atoms with Gasteiger partial charge in [-0.15, -0.1) is 11.8 Å². The van der Waals surface area contributed by atoms with Crippen LogP contribution >= 0.6 is 23.4 Å². The predicted molar refractivity (Wildman–Crippen MR) is 143 cm³/mol. The number of aryl methyl sites for hydroxylation is 1. The van der Waals surface area contributed by atoms with E-state index in [0.717, 1.165) is 73.7 Å². The van der Waals surface area contributed by atoms with Crippen LogP contribution in [-0.2, 0) is 6.42 Å². The monoisotopic (exact) mass is 516 g/mol. The van der Waals surface area contributed by atoms with E-state index in [1.54, 1.807) is 18.9 Å². The second kappa shape index (κ2) is 12.9. The standard InChI is InChI=1S/C28H34ClFN2O2S/c1-34-25-6-7-28-27(17-25)21(8-10-31-28)5-2-4-20-9-12-32(18-22(20)19-33)11-3-13-35-26-15-23(29)14-24(30)16-26/h6-8,10,14-17,20,22,33H,2-5,9,11-13,18-19H2,1H3/t20-,22-/m1/s1. The third kappa shape index (κ3) is 7.32. The number of methoxy groups -OCH3 is 1. The number of fused-ring (bicyclic) bond motifs is 1. The highest BCUT2D eigenvalue weighted by atomic mass is 35.5. The molecule has 0 aliphatic carbocycles. The fourth-order valence-corrected chi connectivity index (χ4v) is 6.32. The normalized spacial score (nSPS) is 18.7. The Morgan fingerprint density at radius 2 is 2.06 bits per heavy atom. The van der Waals surface area contributed by atoms with Gasteiger partial charge >= 0.3 is 0 Å². The Morgan fingerprint density at radius 3 is 2.86 bits per heavy atom. The SMILES string of the molecule is COc1ccc2nccc(CCC[C@@H]3CCN(CCCSc4cc(F)cc(Cl)c4)C[C@@H]3CO)c2c1. The van der Waals surface area contributed by atoms with Crippen molar-refractivity contribution in [3.63, 3.8) is 0 Å². The number of pyridine rings is 1. The number of halogens is 2. The van der Waals surface area contributed by atoms with Crippen LogP contribution in [0.15, 0.2) is 53.6 Å². The highest BCUT2D eigenvalue weighted by molar-refractivity contribution is 7.99. The summed E-state index contributed by atoms with van der Waals surface area (Å²) in [5.41, 5.74) is 2.31. The lowest BCUT2D eigenvalue weighted by Gasteiger charge is -2.38. The number of piperidine rings is 1. The Labute approximate surface area is 216 Å². The van der Waals surface area contributed by atoms with E-state index in [9.17, 15) is 9.50 Å². The first-order chi connectivity index (χ1) is 17.1. The number of hydrogen-bond donors (Lipinski definition) is 1. The molecule has 1 fully saturated rings. The van der Waals surface area contributed by atoms with Gasteiger partial charge in [0.05, 0.1) is 12.6 Å². The molecule has 2 aromatic carbocycles. The molecule has 188 valence electrons. The van der Waals surface area contributed by atoms with E-state index in [0.29, 0.717) is 16.9 Å². The summed E-state index contributed by atoms with van der Waals surface area (Å²) in [6.45, 7) is 3.28. The van der Waals surface area contributed by atoms with E-state index >= 15 is 0 Å². The fraction of sp³-hybridized carbons (Fsp3) is 0.464. The lowest BCUT2D eigenvalue weighted by atomic mass is 9.82. The van der Waals surface area contributed by atoms with Crippen molar-refractivity contribution < 1.29 is 14.2 Å². The first-order valence-corrected chi connectivity index (χ1v) is 13.8. The van der Waals surface area contributed by atoms with Gasteiger partial charge in [-0.25, -0.2) is 4.39 Å². The molecule has 1 saturated heterocycles. The molecule has 4 nitrogen and oxygen atoms in total. The first-order valence-electron chi connectivity index (χ1n) is 12.4. The van der Waals surface area contributed by atoms with Crippen molar-refractivity contribution in [2.45, 2.75) is 37.0 Å². The van der Waals surface area contributed by atoms with Crippen molar-refractivity contribution in [2.24, 2.45) is 11.8 Å². The number of likely N-dealkylation sites (tertiary alicyclic amines) is 1. The Morgan fingerprint density at radius 1 is 1.17 bits per heavy atom. The van der Waals surface area contributed by atoms with Crippen LogP contribution in [0.4, 0.5) is 4.39 Å². The van der Waals surface area contributed by atoms with E-state index in [2.05, 4.69) is 22.0 Å². The summed E-state index contributed by atoms with van der Waals surface area (Å²) in [5.74, 6) is 2.38. The van der Waals surface area contributed by atoms with Gasteiger partial charge in [0.1, 0.15) is 11.6 Å². The first kappa shape index (κ1) is 26.2. The number of ether oxygens (including phenoxy) is 1. The fourth-order valence-electron chi connectivity index (χ4n) is 5.12. The van der Waals surface area contributed by atoms with Crippen LogP contribution < -0.4 is 4.74 Å². The minimum Gasteiger partial charge on any atom is -0.497 e. The van der Waals surface area contributed by atoms with Gasteiger partial charge in [0.25, 0.3) is 0 Å². The molecule has 3 aromatic rings. The zero-order valence-electron chi connectivity index (χ0n) is 20.3. The van der Waals surface area contributed by atoms with Crippen molar-refractivity contribution in [3.8, 4) is 5.75 Å². The van der Waals surface area contributed by atoms with E-state index in [4.69, 9.17) is 16.3 Å². The number of hydrogen-bond acceptors (Lipinski definition) is 5. The number of aromatic nitrogens is 1. The Kier molecular flexibility index (Phi) is 9.67. The van der Waals surface area contributed by atoms with Crippen LogP contribution in [0.25, 0.3) is 10.9 Å². The van der Waals surface area contributed by atoms with Crippen molar-refractivity contribution >= 4 is 34.3 Å². The van der Waals surface area contributed by atoms with Crippen LogP contribution in [-0.4, -0.2) is 54.1 Å². The number of nitrogens with zero attached hydrogens (tertiary/aromatic N) is 2. The van der Waals surface area contributed by atoms with Crippen LogP contribution in [0.2, 0.25) is 5.02 Å². The van der Waals surface area contributed by atoms with Gasteiger partial charge in [-0.3, -0.25) is 4.98 Å². The largest absolute Gasteiger partial charge is 0.497 e. The summed E-state index contributed by atoms with van der Waals surface area (Å²) >= 11 is 7.59.